The van der Waals surface area contributed by atoms with Gasteiger partial charge in [-0.05, 0) is 38.4 Å². The van der Waals surface area contributed by atoms with E-state index in [1.165, 1.54) is 19.3 Å². The number of nitrogens with one attached hydrogen (secondary N) is 2. The second-order valence-corrected chi connectivity index (χ2v) is 6.43. The molecule has 1 saturated heterocycles. The first kappa shape index (κ1) is 16.0. The highest BCUT2D eigenvalue weighted by Crippen LogP contribution is 2.15. The van der Waals surface area contributed by atoms with Crippen LogP contribution in [0.3, 0.4) is 0 Å². The van der Waals surface area contributed by atoms with E-state index in [0.29, 0.717) is 18.9 Å². The molecule has 0 spiro atoms. The normalized spacial score (nSPS) is 19.1. The molecule has 1 amide bonds. The molecule has 0 unspecified atom stereocenters. The van der Waals surface area contributed by atoms with Crippen LogP contribution < -0.4 is 5.32 Å². The number of para-hydroxylation sites is 2. The van der Waals surface area contributed by atoms with Crippen molar-refractivity contribution in [2.45, 2.75) is 45.1 Å². The molecule has 1 atom stereocenters. The van der Waals surface area contributed by atoms with Gasteiger partial charge in [0.05, 0.1) is 11.0 Å². The van der Waals surface area contributed by atoms with Crippen LogP contribution in [0.15, 0.2) is 24.3 Å². The standard InChI is InChI=1S/C18H26N4O/c1-14-6-4-5-12-22(14)13-11-19-18(23)10-9-17-20-15-7-2-3-8-16(15)21-17/h2-3,7-8,14H,4-6,9-13H2,1H3,(H,19,23)(H,20,21)/t14-/m1/s1. The molecule has 0 bridgehead atoms. The molecule has 5 heteroatoms. The lowest BCUT2D eigenvalue weighted by Crippen LogP contribution is -2.42. The molecular formula is C18H26N4O. The van der Waals surface area contributed by atoms with Gasteiger partial charge < -0.3 is 10.3 Å². The Morgan fingerprint density at radius 2 is 2.26 bits per heavy atom. The highest BCUT2D eigenvalue weighted by Gasteiger charge is 2.17. The van der Waals surface area contributed by atoms with Crippen LogP contribution >= 0.6 is 0 Å². The van der Waals surface area contributed by atoms with Crippen molar-refractivity contribution in [1.29, 1.82) is 0 Å². The summed E-state index contributed by atoms with van der Waals surface area (Å²) in [5.41, 5.74) is 1.99. The van der Waals surface area contributed by atoms with E-state index in [-0.39, 0.29) is 5.91 Å². The number of fused-ring (bicyclic) bond motifs is 1. The summed E-state index contributed by atoms with van der Waals surface area (Å²) >= 11 is 0. The lowest BCUT2D eigenvalue weighted by atomic mass is 10.0. The Morgan fingerprint density at radius 1 is 1.39 bits per heavy atom. The van der Waals surface area contributed by atoms with E-state index in [4.69, 9.17) is 0 Å². The molecule has 1 fully saturated rings. The number of likely N-dealkylation sites (tertiary alicyclic amines) is 1. The second kappa shape index (κ2) is 7.59. The number of carbonyl (C=O) groups is 1. The van der Waals surface area contributed by atoms with Gasteiger partial charge in [0.2, 0.25) is 5.91 Å². The molecule has 0 radical (unpaired) electrons. The highest BCUT2D eigenvalue weighted by molar-refractivity contribution is 5.77. The average molecular weight is 314 g/mol. The maximum atomic E-state index is 12.0. The lowest BCUT2D eigenvalue weighted by molar-refractivity contribution is -0.121. The minimum absolute atomic E-state index is 0.107. The van der Waals surface area contributed by atoms with E-state index < -0.39 is 0 Å². The summed E-state index contributed by atoms with van der Waals surface area (Å²) in [6.07, 6.45) is 5.03. The maximum absolute atomic E-state index is 12.0. The summed E-state index contributed by atoms with van der Waals surface area (Å²) in [7, 11) is 0. The topological polar surface area (TPSA) is 61.0 Å². The zero-order chi connectivity index (χ0) is 16.1. The quantitative estimate of drug-likeness (QED) is 0.861. The minimum atomic E-state index is 0.107. The fourth-order valence-corrected chi connectivity index (χ4v) is 3.27. The monoisotopic (exact) mass is 314 g/mol. The third-order valence-electron chi connectivity index (χ3n) is 4.69. The van der Waals surface area contributed by atoms with E-state index in [1.54, 1.807) is 0 Å². The SMILES string of the molecule is C[C@@H]1CCCCN1CCNC(=O)CCc1nc2ccccc2[nH]1. The Kier molecular flexibility index (Phi) is 5.28. The summed E-state index contributed by atoms with van der Waals surface area (Å²) < 4.78 is 0. The number of benzene rings is 1. The second-order valence-electron chi connectivity index (χ2n) is 6.43. The molecular weight excluding hydrogens is 288 g/mol. The molecule has 0 saturated carbocycles. The fraction of sp³-hybridized carbons (Fsp3) is 0.556. The van der Waals surface area contributed by atoms with Gasteiger partial charge in [-0.3, -0.25) is 9.69 Å². The number of hydrogen-bond donors (Lipinski definition) is 2. The van der Waals surface area contributed by atoms with Gasteiger partial charge in [0.25, 0.3) is 0 Å². The van der Waals surface area contributed by atoms with Crippen LogP contribution in [-0.4, -0.2) is 46.5 Å². The van der Waals surface area contributed by atoms with Crippen molar-refractivity contribution in [2.24, 2.45) is 0 Å². The molecule has 0 aliphatic carbocycles. The van der Waals surface area contributed by atoms with Gasteiger partial charge in [0, 0.05) is 32.0 Å². The van der Waals surface area contributed by atoms with Gasteiger partial charge in [-0.2, -0.15) is 0 Å². The number of amides is 1. The summed E-state index contributed by atoms with van der Waals surface area (Å²) in [6.45, 7) is 5.14. The number of piperidine rings is 1. The number of aryl methyl sites for hydroxylation is 1. The molecule has 1 aromatic heterocycles. The number of hydrogen-bond acceptors (Lipinski definition) is 3. The molecule has 2 aromatic rings. The number of nitrogens with zero attached hydrogens (tertiary/aromatic N) is 2. The predicted octanol–water partition coefficient (Wildman–Crippen LogP) is 2.49. The molecule has 1 aliphatic rings. The van der Waals surface area contributed by atoms with Crippen molar-refractivity contribution in [1.82, 2.24) is 20.2 Å². The predicted molar refractivity (Wildman–Crippen MR) is 92.3 cm³/mol. The van der Waals surface area contributed by atoms with Crippen LogP contribution in [0.4, 0.5) is 0 Å². The smallest absolute Gasteiger partial charge is 0.220 e. The molecule has 3 rings (SSSR count). The first-order chi connectivity index (χ1) is 11.2. The number of aromatic amines is 1. The molecule has 5 nitrogen and oxygen atoms in total. The molecule has 124 valence electrons. The van der Waals surface area contributed by atoms with Crippen LogP contribution in [0, 0.1) is 0 Å². The average Bonchev–Trinajstić information content (AvgIpc) is 2.98. The van der Waals surface area contributed by atoms with Gasteiger partial charge in [-0.25, -0.2) is 4.98 Å². The number of carbonyl (C=O) groups excluding carboxylic acids is 1. The van der Waals surface area contributed by atoms with Gasteiger partial charge in [-0.15, -0.1) is 0 Å². The van der Waals surface area contributed by atoms with Crippen molar-refractivity contribution in [3.05, 3.63) is 30.1 Å². The molecule has 23 heavy (non-hydrogen) atoms. The van der Waals surface area contributed by atoms with Crippen molar-refractivity contribution in [3.63, 3.8) is 0 Å². The highest BCUT2D eigenvalue weighted by atomic mass is 16.1. The number of H-pyrrole nitrogens is 1. The third kappa shape index (κ3) is 4.32. The first-order valence-corrected chi connectivity index (χ1v) is 8.67. The Morgan fingerprint density at radius 3 is 3.09 bits per heavy atom. The lowest BCUT2D eigenvalue weighted by Gasteiger charge is -2.33. The summed E-state index contributed by atoms with van der Waals surface area (Å²) in [6, 6.07) is 8.59. The first-order valence-electron chi connectivity index (χ1n) is 8.67. The van der Waals surface area contributed by atoms with Crippen LogP contribution in [0.1, 0.15) is 38.4 Å². The number of imidazole rings is 1. The zero-order valence-corrected chi connectivity index (χ0v) is 13.8. The molecule has 1 aliphatic heterocycles. The summed E-state index contributed by atoms with van der Waals surface area (Å²) in [5.74, 6) is 0.987. The molecule has 1 aromatic carbocycles. The van der Waals surface area contributed by atoms with Crippen LogP contribution in [0.5, 0.6) is 0 Å². The fourth-order valence-electron chi connectivity index (χ4n) is 3.27. The van der Waals surface area contributed by atoms with E-state index in [9.17, 15) is 4.79 Å². The van der Waals surface area contributed by atoms with Crippen molar-refractivity contribution in [3.8, 4) is 0 Å². The van der Waals surface area contributed by atoms with Gasteiger partial charge in [0.1, 0.15) is 5.82 Å². The van der Waals surface area contributed by atoms with E-state index >= 15 is 0 Å². The zero-order valence-electron chi connectivity index (χ0n) is 13.8. The minimum Gasteiger partial charge on any atom is -0.355 e. The van der Waals surface area contributed by atoms with E-state index in [2.05, 4.69) is 27.1 Å². The maximum Gasteiger partial charge on any atom is 0.220 e. The Labute approximate surface area is 137 Å². The van der Waals surface area contributed by atoms with Gasteiger partial charge in [0.15, 0.2) is 0 Å². The molecule has 2 N–H and O–H groups in total. The number of rotatable bonds is 6. The van der Waals surface area contributed by atoms with Crippen LogP contribution in [0.25, 0.3) is 11.0 Å². The van der Waals surface area contributed by atoms with Crippen molar-refractivity contribution in [2.75, 3.05) is 19.6 Å². The Bertz CT molecular complexity index is 618. The molecule has 2 heterocycles. The van der Waals surface area contributed by atoms with Gasteiger partial charge in [-0.1, -0.05) is 18.6 Å². The number of aromatic nitrogens is 2. The Balaban J connectivity index is 1.39. The van der Waals surface area contributed by atoms with Gasteiger partial charge >= 0.3 is 0 Å². The Hall–Kier alpha value is -1.88. The largest absolute Gasteiger partial charge is 0.355 e. The van der Waals surface area contributed by atoms with Crippen molar-refractivity contribution < 1.29 is 4.79 Å². The van der Waals surface area contributed by atoms with Crippen molar-refractivity contribution >= 4 is 16.9 Å². The van der Waals surface area contributed by atoms with Crippen LogP contribution in [-0.2, 0) is 11.2 Å². The third-order valence-corrected chi connectivity index (χ3v) is 4.69. The van der Waals surface area contributed by atoms with Crippen LogP contribution in [0.2, 0.25) is 0 Å². The van der Waals surface area contributed by atoms with E-state index in [0.717, 1.165) is 36.5 Å². The summed E-state index contributed by atoms with van der Waals surface area (Å²) in [4.78, 5) is 22.2. The summed E-state index contributed by atoms with van der Waals surface area (Å²) in [5, 5.41) is 3.03. The van der Waals surface area contributed by atoms with E-state index in [1.807, 2.05) is 24.3 Å².